The summed E-state index contributed by atoms with van der Waals surface area (Å²) in [5.41, 5.74) is 8.56. The van der Waals surface area contributed by atoms with Crippen molar-refractivity contribution in [2.45, 2.75) is 389 Å². The molecule has 4 aliphatic heterocycles. The maximum atomic E-state index is 16.0. The molecule has 14 rings (SSSR count). The van der Waals surface area contributed by atoms with E-state index < -0.39 is 165 Å². The number of esters is 1. The molecule has 24 atom stereocenters. The largest absolute Gasteiger partial charge is 0.459 e. The summed E-state index contributed by atoms with van der Waals surface area (Å²) in [6.07, 6.45) is 2.23. The summed E-state index contributed by atoms with van der Waals surface area (Å²) in [7, 11) is 3.23. The summed E-state index contributed by atoms with van der Waals surface area (Å²) in [6, 6.07) is 94.8. The Morgan fingerprint density at radius 1 is 0.287 bits per heavy atom. The molecule has 24 heteroatoms. The van der Waals surface area contributed by atoms with Crippen molar-refractivity contribution in [1.82, 2.24) is 10.6 Å². The van der Waals surface area contributed by atoms with Gasteiger partial charge in [-0.05, 0) is 96.7 Å². The fourth-order valence-electron chi connectivity index (χ4n) is 20.3. The van der Waals surface area contributed by atoms with Crippen molar-refractivity contribution in [3.63, 3.8) is 0 Å². The Morgan fingerprint density at radius 3 is 0.947 bits per heavy atom. The topological polar surface area (TPSA) is 251 Å². The zero-order chi connectivity index (χ0) is 104. The van der Waals surface area contributed by atoms with Crippen molar-refractivity contribution in [2.24, 2.45) is 0 Å². The first-order valence-corrected chi connectivity index (χ1v) is 55.0. The van der Waals surface area contributed by atoms with Crippen LogP contribution in [0.2, 0.25) is 0 Å². The average Bonchev–Trinajstić information content (AvgIpc) is 0.761. The average molecular weight is 2060 g/mol. The predicted molar refractivity (Wildman–Crippen MR) is 577 cm³/mol. The Balaban J connectivity index is 0.777. The number of ether oxygens (including phenoxy) is 19. The van der Waals surface area contributed by atoms with Gasteiger partial charge in [0.15, 0.2) is 31.2 Å². The lowest BCUT2D eigenvalue weighted by atomic mass is 9.95. The number of rotatable bonds is 65. The Morgan fingerprint density at radius 2 is 0.567 bits per heavy atom. The van der Waals surface area contributed by atoms with Gasteiger partial charge in [0.2, 0.25) is 11.8 Å². The van der Waals surface area contributed by atoms with Gasteiger partial charge in [0.05, 0.1) is 95.9 Å². The van der Waals surface area contributed by atoms with E-state index in [1.165, 1.54) is 96.3 Å². The van der Waals surface area contributed by atoms with E-state index in [0.717, 1.165) is 75.8 Å². The summed E-state index contributed by atoms with van der Waals surface area (Å²) in [5, 5.41) is 6.25. The SMILES string of the molecule is CCCCCCCCCCCCCCCCCCCCC[C@H](CC(=O)N[C@H](Cc1ccccc1)C(=O)N[C@@H](C(=O)OCc1ccccc1)[C@@H](C)O[C@@H]1O[C@@H](C)[C@@H](OCc2ccccc2)[C@@H](OCc2ccccc2)[C@H]1O[C@@H]1O[C@@H](C)[C@H](OCc2ccccc2)[C@@H](O[C@@H]2O[C@@H](C)[C@@H](O[C@@H]3O[C@@H](C)[C@H](OC)[C@@H](OCc4ccccc4)[C@H]3OCc3ccccc3)[C@@H](OCc3ccccc3)[C@@H]2OC)[C@H]1OCc1ccccc1)OCc1ccccc1. The molecule has 10 aromatic carbocycles. The van der Waals surface area contributed by atoms with Crippen molar-refractivity contribution < 1.29 is 104 Å². The van der Waals surface area contributed by atoms with Crippen LogP contribution in [0.3, 0.4) is 0 Å². The van der Waals surface area contributed by atoms with Gasteiger partial charge in [-0.1, -0.05) is 432 Å². The Bertz CT molecular complexity index is 5320. The molecule has 808 valence electrons. The van der Waals surface area contributed by atoms with Gasteiger partial charge in [-0.15, -0.1) is 0 Å². The number of amides is 2. The molecule has 0 saturated carbocycles. The standard InChI is InChI=1S/C126H162N2O22/c1-9-10-11-12-13-14-15-16-17-18-19-20-21-22-23-24-25-26-57-78-105(134-81-96-60-39-28-40-61-96)80-107(129)127-106(79-95-58-37-27-38-59-95)121(130)128-108(122(131)142-89-104-76-55-36-56-77-104)90(2)143-126-120(114(138-85-100-68-47-32-48-69-100)110(92(4)146-126)135-82-97-62-41-29-42-63-97)150-125-119(141-88-103-74-53-35-54-75-103)116(111(93(5)145-125)136-83-98-64-43-30-44-65-98)149-123-117(133-8)115(139-86-101-70-49-33-50-71-101)112(94(6)147-123)148-124-118(140-87-102-72-51-34-52-73-102)113(109(132-7)91(3)144-124)137-84-99-66-45-31-46-67-99/h27-56,58-77,90-94,105-106,108-120,123-126H,9-26,57,78-89H2,1-8H3,(H,127,129)(H,128,130)/t90-,91+,92+,93+,94+,105-,106-,108-,109+,110-,111+,112-,113-,114-,115-,116-,117+,118-,119-,120-,123+,124+,125+,126-/m1/s1. The molecule has 2 N–H and O–H groups in total. The smallest absolute Gasteiger partial charge is 0.331 e. The van der Waals surface area contributed by atoms with Crippen LogP contribution < -0.4 is 10.6 Å². The van der Waals surface area contributed by atoms with E-state index in [1.807, 2.05) is 331 Å². The summed E-state index contributed by atoms with van der Waals surface area (Å²) in [4.78, 5) is 46.8. The zero-order valence-corrected chi connectivity index (χ0v) is 89.1. The van der Waals surface area contributed by atoms with Crippen LogP contribution in [0, 0.1) is 0 Å². The molecule has 0 spiro atoms. The molecule has 0 unspecified atom stereocenters. The van der Waals surface area contributed by atoms with E-state index in [1.54, 1.807) is 21.1 Å². The first-order valence-electron chi connectivity index (χ1n) is 55.0. The molecular weight excluding hydrogens is 1890 g/mol. The van der Waals surface area contributed by atoms with E-state index in [0.29, 0.717) is 18.6 Å². The van der Waals surface area contributed by atoms with Gasteiger partial charge >= 0.3 is 5.97 Å². The number of hydrogen-bond acceptors (Lipinski definition) is 22. The lowest BCUT2D eigenvalue weighted by molar-refractivity contribution is -0.401. The van der Waals surface area contributed by atoms with Gasteiger partial charge in [-0.3, -0.25) is 9.59 Å². The van der Waals surface area contributed by atoms with Gasteiger partial charge in [-0.25, -0.2) is 4.79 Å². The summed E-state index contributed by atoms with van der Waals surface area (Å²) in [5.74, 6) is -1.92. The minimum Gasteiger partial charge on any atom is -0.459 e. The molecule has 0 bridgehead atoms. The highest BCUT2D eigenvalue weighted by molar-refractivity contribution is 5.91. The van der Waals surface area contributed by atoms with Gasteiger partial charge in [0.25, 0.3) is 0 Å². The molecule has 150 heavy (non-hydrogen) atoms. The number of carbonyl (C=O) groups is 3. The monoisotopic (exact) mass is 2060 g/mol. The summed E-state index contributed by atoms with van der Waals surface area (Å²) < 4.78 is 136. The van der Waals surface area contributed by atoms with Crippen LogP contribution in [-0.2, 0) is 170 Å². The van der Waals surface area contributed by atoms with Crippen LogP contribution in [-0.4, -0.2) is 179 Å². The molecule has 0 aliphatic carbocycles. The third-order valence-electron chi connectivity index (χ3n) is 28.7. The van der Waals surface area contributed by atoms with Crippen molar-refractivity contribution in [3.05, 3.63) is 359 Å². The fraction of sp³-hybridized carbons (Fsp3) is 0.500. The molecule has 4 heterocycles. The number of unbranched alkanes of at least 4 members (excludes halogenated alkanes) is 18. The van der Waals surface area contributed by atoms with Crippen LogP contribution in [0.4, 0.5) is 0 Å². The maximum absolute atomic E-state index is 16.0. The second-order valence-electron chi connectivity index (χ2n) is 40.4. The van der Waals surface area contributed by atoms with Crippen LogP contribution in [0.15, 0.2) is 303 Å². The van der Waals surface area contributed by atoms with E-state index in [2.05, 4.69) is 17.6 Å². The highest BCUT2D eigenvalue weighted by atomic mass is 16.8. The third kappa shape index (κ3) is 37.1. The Labute approximate surface area is 890 Å². The number of methoxy groups -OCH3 is 2. The minimum absolute atomic E-state index is 0.0115. The quantitative estimate of drug-likeness (QED) is 0.0265. The zero-order valence-electron chi connectivity index (χ0n) is 89.1. The van der Waals surface area contributed by atoms with Gasteiger partial charge in [-0.2, -0.15) is 0 Å². The van der Waals surface area contributed by atoms with E-state index in [4.69, 9.17) is 90.0 Å². The molecule has 4 aliphatic rings. The number of nitrogens with one attached hydrogen (secondary N) is 2. The summed E-state index contributed by atoms with van der Waals surface area (Å²) >= 11 is 0. The van der Waals surface area contributed by atoms with Gasteiger partial charge < -0.3 is 101 Å². The number of hydrogen-bond donors (Lipinski definition) is 2. The van der Waals surface area contributed by atoms with Gasteiger partial charge in [0.1, 0.15) is 85.9 Å². The van der Waals surface area contributed by atoms with Crippen molar-refractivity contribution in [2.75, 3.05) is 14.2 Å². The predicted octanol–water partition coefficient (Wildman–Crippen LogP) is 23.4. The lowest BCUT2D eigenvalue weighted by Crippen LogP contribution is -2.68. The van der Waals surface area contributed by atoms with Crippen LogP contribution in [0.5, 0.6) is 0 Å². The molecule has 4 fully saturated rings. The Hall–Kier alpha value is -10.1. The Kier molecular flexibility index (Phi) is 49.4. The van der Waals surface area contributed by atoms with Crippen LogP contribution in [0.1, 0.15) is 232 Å². The second-order valence-corrected chi connectivity index (χ2v) is 40.4. The first-order chi connectivity index (χ1) is 73.6. The molecular formula is C126H162N2O22. The van der Waals surface area contributed by atoms with Gasteiger partial charge in [0, 0.05) is 20.6 Å². The highest BCUT2D eigenvalue weighted by Crippen LogP contribution is 2.42. The molecule has 4 saturated heterocycles. The summed E-state index contributed by atoms with van der Waals surface area (Å²) in [6.45, 7) is 12.5. The van der Waals surface area contributed by atoms with Crippen molar-refractivity contribution in [1.29, 1.82) is 0 Å². The van der Waals surface area contributed by atoms with Crippen molar-refractivity contribution in [3.8, 4) is 0 Å². The molecule has 24 nitrogen and oxygen atoms in total. The second kappa shape index (κ2) is 64.2. The lowest BCUT2D eigenvalue weighted by Gasteiger charge is -2.52. The van der Waals surface area contributed by atoms with Crippen LogP contribution in [0.25, 0.3) is 0 Å². The fourth-order valence-corrected chi connectivity index (χ4v) is 20.3. The molecule has 10 aromatic rings. The minimum atomic E-state index is -1.60. The molecule has 2 amide bonds. The normalized spacial score (nSPS) is 24.7. The third-order valence-corrected chi connectivity index (χ3v) is 28.7. The first kappa shape index (κ1) is 115. The van der Waals surface area contributed by atoms with E-state index in [-0.39, 0.29) is 65.7 Å². The number of carbonyl (C=O) groups excluding carboxylic acids is 3. The van der Waals surface area contributed by atoms with E-state index in [9.17, 15) is 0 Å². The van der Waals surface area contributed by atoms with E-state index >= 15 is 14.4 Å². The highest BCUT2D eigenvalue weighted by Gasteiger charge is 2.58. The number of benzene rings is 10. The van der Waals surface area contributed by atoms with Crippen LogP contribution >= 0.6 is 0 Å². The van der Waals surface area contributed by atoms with Crippen molar-refractivity contribution >= 4 is 17.8 Å². The molecule has 0 radical (unpaired) electrons. The molecule has 0 aromatic heterocycles. The maximum Gasteiger partial charge on any atom is 0.331 e.